The number of amides is 1. The molecule has 1 saturated heterocycles. The van der Waals surface area contributed by atoms with Crippen molar-refractivity contribution in [2.75, 3.05) is 13.2 Å². The number of nitrogens with zero attached hydrogens (tertiary/aromatic N) is 1. The lowest BCUT2D eigenvalue weighted by Gasteiger charge is -2.46. The minimum atomic E-state index is -0.549. The van der Waals surface area contributed by atoms with E-state index in [1.807, 2.05) is 0 Å². The molecule has 0 radical (unpaired) electrons. The Morgan fingerprint density at radius 1 is 1.33 bits per heavy atom. The van der Waals surface area contributed by atoms with Crippen molar-refractivity contribution < 1.29 is 19.7 Å². The molecule has 0 spiro atoms. The number of aliphatic hydroxyl groups is 2. The van der Waals surface area contributed by atoms with Gasteiger partial charge in [0.2, 0.25) is 0 Å². The molecule has 5 nitrogen and oxygen atoms in total. The van der Waals surface area contributed by atoms with E-state index < -0.39 is 11.7 Å². The molecule has 5 heteroatoms. The standard InChI is InChI=1S/C10H19NO4/c1-10(2,3)15-9(14)11-7(5-12)4-8(11)6-13/h7-8,12-13H,4-6H2,1-3H3/t7-,8-/m1/s1. The fourth-order valence-corrected chi connectivity index (χ4v) is 1.64. The van der Waals surface area contributed by atoms with Gasteiger partial charge < -0.3 is 14.9 Å². The lowest BCUT2D eigenvalue weighted by atomic mass is 9.95. The molecule has 0 saturated carbocycles. The topological polar surface area (TPSA) is 70.0 Å². The van der Waals surface area contributed by atoms with Crippen molar-refractivity contribution in [2.45, 2.75) is 44.9 Å². The fourth-order valence-electron chi connectivity index (χ4n) is 1.64. The summed E-state index contributed by atoms with van der Waals surface area (Å²) in [4.78, 5) is 13.1. The van der Waals surface area contributed by atoms with Gasteiger partial charge in [-0.05, 0) is 27.2 Å². The average Bonchev–Trinajstić information content (AvgIpc) is 1.99. The van der Waals surface area contributed by atoms with Crippen molar-refractivity contribution in [3.8, 4) is 0 Å². The van der Waals surface area contributed by atoms with Gasteiger partial charge >= 0.3 is 6.09 Å². The predicted molar refractivity (Wildman–Crippen MR) is 54.4 cm³/mol. The molecular formula is C10H19NO4. The van der Waals surface area contributed by atoms with Crippen molar-refractivity contribution in [2.24, 2.45) is 0 Å². The van der Waals surface area contributed by atoms with Crippen LogP contribution >= 0.6 is 0 Å². The molecule has 15 heavy (non-hydrogen) atoms. The molecule has 1 aliphatic rings. The van der Waals surface area contributed by atoms with Gasteiger partial charge in [-0.1, -0.05) is 0 Å². The Balaban J connectivity index is 2.56. The lowest BCUT2D eigenvalue weighted by Crippen LogP contribution is -2.62. The van der Waals surface area contributed by atoms with Gasteiger partial charge in [0.1, 0.15) is 5.60 Å². The summed E-state index contributed by atoms with van der Waals surface area (Å²) in [5.41, 5.74) is -0.549. The third-order valence-electron chi connectivity index (χ3n) is 2.36. The molecule has 0 aromatic carbocycles. The third kappa shape index (κ3) is 2.82. The van der Waals surface area contributed by atoms with Crippen LogP contribution in [0.3, 0.4) is 0 Å². The van der Waals surface area contributed by atoms with E-state index in [4.69, 9.17) is 14.9 Å². The second-order valence-corrected chi connectivity index (χ2v) is 4.80. The maximum absolute atomic E-state index is 11.7. The summed E-state index contributed by atoms with van der Waals surface area (Å²) in [5.74, 6) is 0. The molecule has 1 fully saturated rings. The van der Waals surface area contributed by atoms with Crippen molar-refractivity contribution in [1.82, 2.24) is 4.90 Å². The van der Waals surface area contributed by atoms with Crippen LogP contribution in [0, 0.1) is 0 Å². The Labute approximate surface area is 89.6 Å². The molecule has 0 aliphatic carbocycles. The molecule has 0 aromatic rings. The van der Waals surface area contributed by atoms with Crippen LogP contribution in [0.4, 0.5) is 4.79 Å². The summed E-state index contributed by atoms with van der Waals surface area (Å²) in [6.07, 6.45) is 0.165. The van der Waals surface area contributed by atoms with E-state index in [0.717, 1.165) is 0 Å². The van der Waals surface area contributed by atoms with E-state index in [1.54, 1.807) is 20.8 Å². The van der Waals surface area contributed by atoms with Crippen molar-refractivity contribution >= 4 is 6.09 Å². The van der Waals surface area contributed by atoms with Crippen LogP contribution in [-0.2, 0) is 4.74 Å². The Morgan fingerprint density at radius 2 is 1.80 bits per heavy atom. The summed E-state index contributed by atoms with van der Waals surface area (Å²) in [5, 5.41) is 18.0. The van der Waals surface area contributed by atoms with Crippen LogP contribution in [0.15, 0.2) is 0 Å². The first-order chi connectivity index (χ1) is 6.89. The average molecular weight is 217 g/mol. The number of aliphatic hydroxyl groups excluding tert-OH is 2. The first kappa shape index (κ1) is 12.3. The first-order valence-electron chi connectivity index (χ1n) is 5.12. The predicted octanol–water partition coefficient (Wildman–Crippen LogP) is 0.349. The van der Waals surface area contributed by atoms with Crippen molar-refractivity contribution in [3.63, 3.8) is 0 Å². The molecule has 88 valence electrons. The Hall–Kier alpha value is -0.810. The summed E-state index contributed by atoms with van der Waals surface area (Å²) in [7, 11) is 0. The quantitative estimate of drug-likeness (QED) is 0.700. The zero-order valence-electron chi connectivity index (χ0n) is 9.43. The van der Waals surface area contributed by atoms with Gasteiger partial charge in [-0.25, -0.2) is 4.79 Å². The molecule has 0 unspecified atom stereocenters. The number of carbonyl (C=O) groups excluding carboxylic acids is 1. The normalized spacial score (nSPS) is 26.1. The lowest BCUT2D eigenvalue weighted by molar-refractivity contribution is -0.0584. The first-order valence-corrected chi connectivity index (χ1v) is 5.12. The second kappa shape index (κ2) is 4.37. The van der Waals surface area contributed by atoms with Crippen molar-refractivity contribution in [1.29, 1.82) is 0 Å². The van der Waals surface area contributed by atoms with E-state index in [-0.39, 0.29) is 25.3 Å². The van der Waals surface area contributed by atoms with Gasteiger partial charge in [-0.3, -0.25) is 4.90 Å². The number of rotatable bonds is 2. The fraction of sp³-hybridized carbons (Fsp3) is 0.900. The highest BCUT2D eigenvalue weighted by Gasteiger charge is 2.42. The highest BCUT2D eigenvalue weighted by Crippen LogP contribution is 2.27. The number of likely N-dealkylation sites (tertiary alicyclic amines) is 1. The van der Waals surface area contributed by atoms with Crippen LogP contribution in [0.2, 0.25) is 0 Å². The molecule has 1 rings (SSSR count). The van der Waals surface area contributed by atoms with Gasteiger partial charge in [0.05, 0.1) is 25.3 Å². The van der Waals surface area contributed by atoms with Crippen LogP contribution in [0.5, 0.6) is 0 Å². The van der Waals surface area contributed by atoms with Gasteiger partial charge in [-0.15, -0.1) is 0 Å². The molecule has 1 amide bonds. The van der Waals surface area contributed by atoms with Gasteiger partial charge in [0, 0.05) is 0 Å². The molecule has 0 aromatic heterocycles. The van der Waals surface area contributed by atoms with E-state index >= 15 is 0 Å². The highest BCUT2D eigenvalue weighted by atomic mass is 16.6. The maximum atomic E-state index is 11.7. The Morgan fingerprint density at radius 3 is 2.13 bits per heavy atom. The summed E-state index contributed by atoms with van der Waals surface area (Å²) in [6, 6.07) is -0.422. The minimum absolute atomic E-state index is 0.0876. The van der Waals surface area contributed by atoms with E-state index in [2.05, 4.69) is 0 Å². The SMILES string of the molecule is CC(C)(C)OC(=O)N1[C@@H](CO)C[C@@H]1CO. The summed E-state index contributed by atoms with van der Waals surface area (Å²) >= 11 is 0. The number of hydrogen-bond donors (Lipinski definition) is 2. The van der Waals surface area contributed by atoms with E-state index in [9.17, 15) is 4.79 Å². The van der Waals surface area contributed by atoms with Crippen LogP contribution in [0.25, 0.3) is 0 Å². The molecule has 1 heterocycles. The Bertz CT molecular complexity index is 226. The number of ether oxygens (including phenoxy) is 1. The molecular weight excluding hydrogens is 198 g/mol. The van der Waals surface area contributed by atoms with E-state index in [1.165, 1.54) is 4.90 Å². The van der Waals surface area contributed by atoms with Crippen LogP contribution in [0.1, 0.15) is 27.2 Å². The second-order valence-electron chi connectivity index (χ2n) is 4.80. The summed E-state index contributed by atoms with van der Waals surface area (Å²) in [6.45, 7) is 5.18. The summed E-state index contributed by atoms with van der Waals surface area (Å²) < 4.78 is 5.17. The third-order valence-corrected chi connectivity index (χ3v) is 2.36. The van der Waals surface area contributed by atoms with Gasteiger partial charge in [-0.2, -0.15) is 0 Å². The van der Waals surface area contributed by atoms with Gasteiger partial charge in [0.15, 0.2) is 0 Å². The minimum Gasteiger partial charge on any atom is -0.444 e. The molecule has 0 bridgehead atoms. The zero-order chi connectivity index (χ0) is 11.6. The van der Waals surface area contributed by atoms with E-state index in [0.29, 0.717) is 6.42 Å². The van der Waals surface area contributed by atoms with Crippen LogP contribution in [-0.4, -0.2) is 52.1 Å². The maximum Gasteiger partial charge on any atom is 0.410 e. The molecule has 1 aliphatic heterocycles. The molecule has 2 N–H and O–H groups in total. The Kier molecular flexibility index (Phi) is 3.57. The number of hydrogen-bond acceptors (Lipinski definition) is 4. The zero-order valence-corrected chi connectivity index (χ0v) is 9.43. The highest BCUT2D eigenvalue weighted by molar-refractivity contribution is 5.70. The van der Waals surface area contributed by atoms with Crippen molar-refractivity contribution in [3.05, 3.63) is 0 Å². The smallest absolute Gasteiger partial charge is 0.410 e. The van der Waals surface area contributed by atoms with Gasteiger partial charge in [0.25, 0.3) is 0 Å². The molecule has 2 atom stereocenters. The van der Waals surface area contributed by atoms with Crippen LogP contribution < -0.4 is 0 Å². The largest absolute Gasteiger partial charge is 0.444 e. The monoisotopic (exact) mass is 217 g/mol. The number of carbonyl (C=O) groups is 1.